The molecule has 0 fully saturated rings. The maximum absolute atomic E-state index is 9.54. The molecule has 1 aromatic rings. The molecule has 0 aromatic heterocycles. The number of phenols is 1. The zero-order chi connectivity index (χ0) is 10.6. The molecule has 0 heterocycles. The minimum Gasteiger partial charge on any atom is -0.508 e. The van der Waals surface area contributed by atoms with Crippen LogP contribution in [0.15, 0.2) is 12.1 Å². The van der Waals surface area contributed by atoms with E-state index in [4.69, 9.17) is 21.1 Å². The largest absolute Gasteiger partial charge is 0.508 e. The van der Waals surface area contributed by atoms with Gasteiger partial charge in [0.25, 0.3) is 0 Å². The first-order valence-electron chi connectivity index (χ1n) is 4.32. The maximum Gasteiger partial charge on any atom is 0.188 e. The van der Waals surface area contributed by atoms with Crippen molar-refractivity contribution in [2.75, 3.05) is 13.9 Å². The average molecular weight is 217 g/mol. The van der Waals surface area contributed by atoms with Gasteiger partial charge in [-0.15, -0.1) is 0 Å². The summed E-state index contributed by atoms with van der Waals surface area (Å²) in [7, 11) is 1.52. The van der Waals surface area contributed by atoms with Crippen LogP contribution in [-0.4, -0.2) is 19.0 Å². The van der Waals surface area contributed by atoms with Crippen LogP contribution in [0.4, 0.5) is 0 Å². The molecular formula is C10H13ClO3. The van der Waals surface area contributed by atoms with Crippen molar-refractivity contribution in [3.05, 3.63) is 22.7 Å². The summed E-state index contributed by atoms with van der Waals surface area (Å²) >= 11 is 5.92. The Bertz CT molecular complexity index is 312. The summed E-state index contributed by atoms with van der Waals surface area (Å²) in [5, 5.41) is 10.0. The van der Waals surface area contributed by atoms with Crippen molar-refractivity contribution >= 4 is 11.6 Å². The molecular weight excluding hydrogens is 204 g/mol. The highest BCUT2D eigenvalue weighted by Crippen LogP contribution is 2.32. The Balaban J connectivity index is 2.90. The standard InChI is InChI=1S/C10H13ClO3/c1-3-7-4-8(11)10(5-9(7)12)14-6-13-2/h4-5,12H,3,6H2,1-2H3. The number of aryl methyl sites for hydroxylation is 1. The molecule has 0 radical (unpaired) electrons. The van der Waals surface area contributed by atoms with E-state index < -0.39 is 0 Å². The van der Waals surface area contributed by atoms with Crippen LogP contribution >= 0.6 is 11.6 Å². The van der Waals surface area contributed by atoms with Gasteiger partial charge < -0.3 is 14.6 Å². The molecule has 4 heteroatoms. The molecule has 0 amide bonds. The fourth-order valence-corrected chi connectivity index (χ4v) is 1.34. The van der Waals surface area contributed by atoms with E-state index in [0.29, 0.717) is 10.8 Å². The van der Waals surface area contributed by atoms with Gasteiger partial charge in [0.1, 0.15) is 11.5 Å². The van der Waals surface area contributed by atoms with Crippen LogP contribution in [0.25, 0.3) is 0 Å². The van der Waals surface area contributed by atoms with E-state index >= 15 is 0 Å². The fourth-order valence-electron chi connectivity index (χ4n) is 1.10. The predicted octanol–water partition coefficient (Wildman–Crippen LogP) is 2.59. The zero-order valence-corrected chi connectivity index (χ0v) is 8.97. The average Bonchev–Trinajstić information content (AvgIpc) is 2.18. The summed E-state index contributed by atoms with van der Waals surface area (Å²) in [5.41, 5.74) is 0.805. The van der Waals surface area contributed by atoms with Gasteiger partial charge in [0.2, 0.25) is 0 Å². The van der Waals surface area contributed by atoms with Crippen molar-refractivity contribution < 1.29 is 14.6 Å². The van der Waals surface area contributed by atoms with E-state index in [2.05, 4.69) is 0 Å². The van der Waals surface area contributed by atoms with E-state index in [1.807, 2.05) is 6.92 Å². The minimum atomic E-state index is 0.116. The molecule has 3 nitrogen and oxygen atoms in total. The number of benzene rings is 1. The quantitative estimate of drug-likeness (QED) is 0.787. The third-order valence-electron chi connectivity index (χ3n) is 1.85. The van der Waals surface area contributed by atoms with Gasteiger partial charge in [-0.05, 0) is 18.1 Å². The second-order valence-electron chi connectivity index (χ2n) is 2.82. The predicted molar refractivity (Wildman–Crippen MR) is 55.0 cm³/mol. The monoisotopic (exact) mass is 216 g/mol. The second-order valence-corrected chi connectivity index (χ2v) is 3.22. The lowest BCUT2D eigenvalue weighted by Crippen LogP contribution is -1.99. The van der Waals surface area contributed by atoms with Crippen molar-refractivity contribution in [3.8, 4) is 11.5 Å². The van der Waals surface area contributed by atoms with Crippen molar-refractivity contribution in [3.63, 3.8) is 0 Å². The van der Waals surface area contributed by atoms with Gasteiger partial charge in [-0.2, -0.15) is 0 Å². The highest BCUT2D eigenvalue weighted by molar-refractivity contribution is 6.32. The van der Waals surface area contributed by atoms with Gasteiger partial charge in [0.15, 0.2) is 6.79 Å². The normalized spacial score (nSPS) is 10.2. The number of phenolic OH excluding ortho intramolecular Hbond substituents is 1. The Labute approximate surface area is 88.2 Å². The Kier molecular flexibility index (Phi) is 4.04. The van der Waals surface area contributed by atoms with Gasteiger partial charge in [-0.25, -0.2) is 0 Å². The molecule has 1 aromatic carbocycles. The summed E-state index contributed by atoms with van der Waals surface area (Å²) in [6.07, 6.45) is 0.732. The van der Waals surface area contributed by atoms with Gasteiger partial charge in [0, 0.05) is 13.2 Å². The van der Waals surface area contributed by atoms with Gasteiger partial charge in [0.05, 0.1) is 5.02 Å². The molecule has 0 unspecified atom stereocenters. The van der Waals surface area contributed by atoms with Crippen molar-refractivity contribution in [2.45, 2.75) is 13.3 Å². The smallest absolute Gasteiger partial charge is 0.188 e. The van der Waals surface area contributed by atoms with E-state index in [0.717, 1.165) is 12.0 Å². The van der Waals surface area contributed by atoms with Crippen LogP contribution in [0.3, 0.4) is 0 Å². The summed E-state index contributed by atoms with van der Waals surface area (Å²) < 4.78 is 9.89. The van der Waals surface area contributed by atoms with E-state index in [9.17, 15) is 5.11 Å². The lowest BCUT2D eigenvalue weighted by atomic mass is 10.1. The molecule has 0 aliphatic rings. The Morgan fingerprint density at radius 1 is 1.43 bits per heavy atom. The first kappa shape index (κ1) is 11.1. The van der Waals surface area contributed by atoms with Crippen molar-refractivity contribution in [1.29, 1.82) is 0 Å². The minimum absolute atomic E-state index is 0.116. The molecule has 1 N–H and O–H groups in total. The van der Waals surface area contributed by atoms with Gasteiger partial charge >= 0.3 is 0 Å². The van der Waals surface area contributed by atoms with E-state index in [1.165, 1.54) is 13.2 Å². The van der Waals surface area contributed by atoms with Crippen LogP contribution in [0, 0.1) is 0 Å². The molecule has 0 saturated heterocycles. The molecule has 78 valence electrons. The number of ether oxygens (including phenoxy) is 2. The first-order valence-corrected chi connectivity index (χ1v) is 4.70. The molecule has 0 aliphatic carbocycles. The van der Waals surface area contributed by atoms with Crippen LogP contribution in [-0.2, 0) is 11.2 Å². The summed E-state index contributed by atoms with van der Waals surface area (Å²) in [6, 6.07) is 3.20. The number of hydrogen-bond acceptors (Lipinski definition) is 3. The van der Waals surface area contributed by atoms with Gasteiger partial charge in [-0.1, -0.05) is 18.5 Å². The Morgan fingerprint density at radius 3 is 2.71 bits per heavy atom. The highest BCUT2D eigenvalue weighted by Gasteiger charge is 2.07. The molecule has 0 atom stereocenters. The summed E-state index contributed by atoms with van der Waals surface area (Å²) in [5.74, 6) is 0.631. The van der Waals surface area contributed by atoms with Crippen LogP contribution < -0.4 is 4.74 Å². The number of rotatable bonds is 4. The van der Waals surface area contributed by atoms with Crippen LogP contribution in [0.5, 0.6) is 11.5 Å². The van der Waals surface area contributed by atoms with Gasteiger partial charge in [-0.3, -0.25) is 0 Å². The lowest BCUT2D eigenvalue weighted by Gasteiger charge is -2.09. The third kappa shape index (κ3) is 2.53. The van der Waals surface area contributed by atoms with Crippen molar-refractivity contribution in [1.82, 2.24) is 0 Å². The SMILES string of the molecule is CCc1cc(Cl)c(OCOC)cc1O. The third-order valence-corrected chi connectivity index (χ3v) is 2.14. The molecule has 14 heavy (non-hydrogen) atoms. The Morgan fingerprint density at radius 2 is 2.14 bits per heavy atom. The lowest BCUT2D eigenvalue weighted by molar-refractivity contribution is 0.0510. The second kappa shape index (κ2) is 5.08. The molecule has 0 saturated carbocycles. The summed E-state index contributed by atoms with van der Waals surface area (Å²) in [6.45, 7) is 2.06. The van der Waals surface area contributed by atoms with Crippen molar-refractivity contribution in [2.24, 2.45) is 0 Å². The van der Waals surface area contributed by atoms with Crippen LogP contribution in [0.2, 0.25) is 5.02 Å². The zero-order valence-electron chi connectivity index (χ0n) is 8.21. The number of hydrogen-bond donors (Lipinski definition) is 1. The molecule has 0 bridgehead atoms. The van der Waals surface area contributed by atoms with Crippen LogP contribution in [0.1, 0.15) is 12.5 Å². The van der Waals surface area contributed by atoms with E-state index in [-0.39, 0.29) is 12.5 Å². The first-order chi connectivity index (χ1) is 6.69. The fraction of sp³-hybridized carbons (Fsp3) is 0.400. The number of methoxy groups -OCH3 is 1. The number of halogens is 1. The maximum atomic E-state index is 9.54. The van der Waals surface area contributed by atoms with E-state index in [1.54, 1.807) is 6.07 Å². The Hall–Kier alpha value is -0.930. The molecule has 0 aliphatic heterocycles. The molecule has 1 rings (SSSR count). The topological polar surface area (TPSA) is 38.7 Å². The number of aromatic hydroxyl groups is 1. The summed E-state index contributed by atoms with van der Waals surface area (Å²) in [4.78, 5) is 0. The highest BCUT2D eigenvalue weighted by atomic mass is 35.5. The molecule has 0 spiro atoms.